The molecule has 0 aliphatic heterocycles. The molecule has 3 aromatic rings. The predicted molar refractivity (Wildman–Crippen MR) is 126 cm³/mol. The van der Waals surface area contributed by atoms with Crippen LogP contribution in [-0.4, -0.2) is 20.9 Å². The lowest BCUT2D eigenvalue weighted by Crippen LogP contribution is -2.23. The molecule has 0 aliphatic carbocycles. The quantitative estimate of drug-likeness (QED) is 0.480. The van der Waals surface area contributed by atoms with E-state index in [4.69, 9.17) is 4.74 Å². The third-order valence-corrected chi connectivity index (χ3v) is 6.49. The summed E-state index contributed by atoms with van der Waals surface area (Å²) in [5.74, 6) is 0.156. The minimum Gasteiger partial charge on any atom is -0.484 e. The van der Waals surface area contributed by atoms with Gasteiger partial charge in [-0.3, -0.25) is 4.79 Å². The van der Waals surface area contributed by atoms with Gasteiger partial charge in [0.25, 0.3) is 5.91 Å². The molecule has 1 amide bonds. The fraction of sp³-hybridized carbons (Fsp3) is 0.240. The van der Waals surface area contributed by atoms with E-state index in [1.165, 1.54) is 12.1 Å². The van der Waals surface area contributed by atoms with Crippen LogP contribution in [-0.2, 0) is 34.2 Å². The molecule has 0 aromatic heterocycles. The molecule has 3 aromatic carbocycles. The van der Waals surface area contributed by atoms with E-state index in [1.54, 1.807) is 12.1 Å². The first-order valence-corrected chi connectivity index (χ1v) is 12.1. The first-order chi connectivity index (χ1) is 15.4. The summed E-state index contributed by atoms with van der Waals surface area (Å²) in [5.41, 5.74) is 3.88. The van der Waals surface area contributed by atoms with Gasteiger partial charge in [-0.05, 0) is 53.8 Å². The number of carbonyl (C=O) groups is 1. The summed E-state index contributed by atoms with van der Waals surface area (Å²) in [5, 5.41) is 2.95. The molecule has 0 spiro atoms. The minimum absolute atomic E-state index is 0.134. The van der Waals surface area contributed by atoms with Gasteiger partial charge < -0.3 is 10.1 Å². The van der Waals surface area contributed by atoms with Crippen LogP contribution in [0.1, 0.15) is 30.5 Å². The molecular weight excluding hydrogens is 424 g/mol. The minimum atomic E-state index is -3.65. The molecule has 2 N–H and O–H groups in total. The van der Waals surface area contributed by atoms with Gasteiger partial charge in [0.2, 0.25) is 10.0 Å². The summed E-state index contributed by atoms with van der Waals surface area (Å²) in [4.78, 5) is 12.6. The van der Waals surface area contributed by atoms with Crippen molar-refractivity contribution < 1.29 is 17.9 Å². The smallest absolute Gasteiger partial charge is 0.262 e. The number of sulfonamides is 1. The zero-order valence-electron chi connectivity index (χ0n) is 18.3. The molecule has 0 unspecified atom stereocenters. The molecule has 0 aliphatic rings. The molecule has 0 saturated carbocycles. The van der Waals surface area contributed by atoms with Crippen LogP contribution in [0, 0.1) is 0 Å². The topological polar surface area (TPSA) is 84.5 Å². The maximum Gasteiger partial charge on any atom is 0.262 e. The number of hydrogen-bond donors (Lipinski definition) is 2. The fourth-order valence-electron chi connectivity index (χ4n) is 3.30. The van der Waals surface area contributed by atoms with Gasteiger partial charge in [-0.15, -0.1) is 0 Å². The van der Waals surface area contributed by atoms with Crippen LogP contribution in [0.25, 0.3) is 0 Å². The second-order valence-corrected chi connectivity index (χ2v) is 9.04. The van der Waals surface area contributed by atoms with Crippen molar-refractivity contribution in [3.63, 3.8) is 0 Å². The summed E-state index contributed by atoms with van der Waals surface area (Å²) in [6.07, 6.45) is 1.64. The van der Waals surface area contributed by atoms with E-state index in [-0.39, 0.29) is 24.0 Å². The van der Waals surface area contributed by atoms with E-state index in [1.807, 2.05) is 62.4 Å². The standard InChI is InChI=1S/C25H28N2O4S/c1-3-20-11-8-12-21(4-2)25(20)27-24(28)18-31-22-13-15-23(16-14-22)32(29,30)26-17-19-9-6-5-7-10-19/h5-16,26H,3-4,17-18H2,1-2H3,(H,27,28). The Hall–Kier alpha value is -3.16. The second kappa shape index (κ2) is 10.9. The Balaban J connectivity index is 1.57. The maximum atomic E-state index is 12.5. The van der Waals surface area contributed by atoms with Crippen molar-refractivity contribution in [2.45, 2.75) is 38.1 Å². The highest BCUT2D eigenvalue weighted by Gasteiger charge is 2.14. The van der Waals surface area contributed by atoms with Gasteiger partial charge >= 0.3 is 0 Å². The maximum absolute atomic E-state index is 12.5. The zero-order valence-corrected chi connectivity index (χ0v) is 19.1. The van der Waals surface area contributed by atoms with Gasteiger partial charge in [-0.2, -0.15) is 0 Å². The third-order valence-electron chi connectivity index (χ3n) is 5.08. The molecular formula is C25H28N2O4S. The Morgan fingerprint density at radius 3 is 2.06 bits per heavy atom. The summed E-state index contributed by atoms with van der Waals surface area (Å²) < 4.78 is 33.1. The number of para-hydroxylation sites is 1. The number of aryl methyl sites for hydroxylation is 2. The lowest BCUT2D eigenvalue weighted by molar-refractivity contribution is -0.118. The molecule has 168 valence electrons. The van der Waals surface area contributed by atoms with Crippen LogP contribution >= 0.6 is 0 Å². The van der Waals surface area contributed by atoms with Crippen molar-refractivity contribution in [2.24, 2.45) is 0 Å². The van der Waals surface area contributed by atoms with Gasteiger partial charge in [-0.1, -0.05) is 62.4 Å². The zero-order chi connectivity index (χ0) is 23.0. The fourth-order valence-corrected chi connectivity index (χ4v) is 4.32. The predicted octanol–water partition coefficient (Wildman–Crippen LogP) is 4.31. The van der Waals surface area contributed by atoms with E-state index in [0.29, 0.717) is 5.75 Å². The lowest BCUT2D eigenvalue weighted by Gasteiger charge is -2.15. The highest BCUT2D eigenvalue weighted by molar-refractivity contribution is 7.89. The Kier molecular flexibility index (Phi) is 8.03. The molecule has 0 atom stereocenters. The second-order valence-electron chi connectivity index (χ2n) is 7.28. The third kappa shape index (κ3) is 6.18. The van der Waals surface area contributed by atoms with E-state index in [9.17, 15) is 13.2 Å². The Morgan fingerprint density at radius 2 is 1.47 bits per heavy atom. The molecule has 3 rings (SSSR count). The number of amides is 1. The van der Waals surface area contributed by atoms with Crippen molar-refractivity contribution in [2.75, 3.05) is 11.9 Å². The van der Waals surface area contributed by atoms with Gasteiger partial charge in [0.1, 0.15) is 5.75 Å². The highest BCUT2D eigenvalue weighted by atomic mass is 32.2. The average Bonchev–Trinajstić information content (AvgIpc) is 2.82. The molecule has 0 saturated heterocycles. The van der Waals surface area contributed by atoms with Gasteiger partial charge in [0.05, 0.1) is 4.90 Å². The average molecular weight is 453 g/mol. The number of benzene rings is 3. The number of rotatable bonds is 10. The summed E-state index contributed by atoms with van der Waals surface area (Å²) in [6.45, 7) is 4.14. The number of anilines is 1. The molecule has 7 heteroatoms. The Morgan fingerprint density at radius 1 is 0.844 bits per heavy atom. The number of hydrogen-bond acceptors (Lipinski definition) is 4. The summed E-state index contributed by atoms with van der Waals surface area (Å²) in [6, 6.07) is 21.3. The van der Waals surface area contributed by atoms with Crippen LogP contribution < -0.4 is 14.8 Å². The van der Waals surface area contributed by atoms with Crippen molar-refractivity contribution >= 4 is 21.6 Å². The first-order valence-electron chi connectivity index (χ1n) is 10.6. The van der Waals surface area contributed by atoms with Gasteiger partial charge in [0.15, 0.2) is 6.61 Å². The normalized spacial score (nSPS) is 11.2. The van der Waals surface area contributed by atoms with Gasteiger partial charge in [0, 0.05) is 12.2 Å². The van der Waals surface area contributed by atoms with E-state index < -0.39 is 10.0 Å². The number of ether oxygens (including phenoxy) is 1. The van der Waals surface area contributed by atoms with Gasteiger partial charge in [-0.25, -0.2) is 13.1 Å². The highest BCUT2D eigenvalue weighted by Crippen LogP contribution is 2.23. The van der Waals surface area contributed by atoms with Crippen LogP contribution in [0.3, 0.4) is 0 Å². The van der Waals surface area contributed by atoms with Crippen molar-refractivity contribution in [1.29, 1.82) is 0 Å². The molecule has 6 nitrogen and oxygen atoms in total. The van der Waals surface area contributed by atoms with Crippen molar-refractivity contribution in [3.05, 3.63) is 89.5 Å². The van der Waals surface area contributed by atoms with Crippen molar-refractivity contribution in [1.82, 2.24) is 4.72 Å². The largest absolute Gasteiger partial charge is 0.484 e. The van der Waals surface area contributed by atoms with E-state index in [2.05, 4.69) is 10.0 Å². The van der Waals surface area contributed by atoms with Crippen LogP contribution in [0.2, 0.25) is 0 Å². The van der Waals surface area contributed by atoms with E-state index >= 15 is 0 Å². The summed E-state index contributed by atoms with van der Waals surface area (Å²) in [7, 11) is -3.65. The Bertz CT molecular complexity index is 1120. The van der Waals surface area contributed by atoms with Crippen LogP contribution in [0.5, 0.6) is 5.75 Å². The molecule has 0 fully saturated rings. The summed E-state index contributed by atoms with van der Waals surface area (Å²) >= 11 is 0. The van der Waals surface area contributed by atoms with Crippen LogP contribution in [0.15, 0.2) is 77.7 Å². The molecule has 0 radical (unpaired) electrons. The number of nitrogens with one attached hydrogen (secondary N) is 2. The molecule has 0 bridgehead atoms. The van der Waals surface area contributed by atoms with E-state index in [0.717, 1.165) is 35.2 Å². The first kappa shape index (κ1) is 23.5. The SMILES string of the molecule is CCc1cccc(CC)c1NC(=O)COc1ccc(S(=O)(=O)NCc2ccccc2)cc1. The van der Waals surface area contributed by atoms with Crippen molar-refractivity contribution in [3.8, 4) is 5.75 Å². The van der Waals surface area contributed by atoms with Crippen LogP contribution in [0.4, 0.5) is 5.69 Å². The molecule has 32 heavy (non-hydrogen) atoms. The molecule has 0 heterocycles. The number of carbonyl (C=O) groups excluding carboxylic acids is 1. The lowest BCUT2D eigenvalue weighted by atomic mass is 10.0. The Labute approximate surface area is 189 Å². The monoisotopic (exact) mass is 452 g/mol.